The first-order chi connectivity index (χ1) is 13.6. The van der Waals surface area contributed by atoms with E-state index >= 15 is 0 Å². The van der Waals surface area contributed by atoms with Crippen molar-refractivity contribution >= 4 is 16.9 Å². The molecule has 2 heterocycles. The van der Waals surface area contributed by atoms with Crippen LogP contribution >= 0.6 is 0 Å². The first-order valence-corrected chi connectivity index (χ1v) is 8.85. The SMILES string of the molecule is COc1cc2c(cc1OC)-c1nc3cc4c(cc3c(C(=O)O)c1C2)OCCO4. The van der Waals surface area contributed by atoms with Crippen LogP contribution in [0.4, 0.5) is 0 Å². The van der Waals surface area contributed by atoms with Gasteiger partial charge in [0.2, 0.25) is 0 Å². The van der Waals surface area contributed by atoms with Crippen LogP contribution in [0.1, 0.15) is 21.5 Å². The summed E-state index contributed by atoms with van der Waals surface area (Å²) in [5.41, 5.74) is 3.94. The minimum atomic E-state index is -0.993. The summed E-state index contributed by atoms with van der Waals surface area (Å²) in [7, 11) is 3.15. The first kappa shape index (κ1) is 16.7. The highest BCUT2D eigenvalue weighted by Gasteiger charge is 2.30. The number of aromatic carboxylic acids is 1. The van der Waals surface area contributed by atoms with Crippen LogP contribution in [-0.2, 0) is 6.42 Å². The number of hydrogen-bond acceptors (Lipinski definition) is 6. The number of benzene rings is 2. The average molecular weight is 379 g/mol. The van der Waals surface area contributed by atoms with E-state index in [2.05, 4.69) is 0 Å². The fraction of sp³-hybridized carbons (Fsp3) is 0.238. The van der Waals surface area contributed by atoms with E-state index in [4.69, 9.17) is 23.9 Å². The topological polar surface area (TPSA) is 87.1 Å². The zero-order chi connectivity index (χ0) is 19.4. The molecule has 7 nitrogen and oxygen atoms in total. The number of fused-ring (bicyclic) bond motifs is 5. The molecule has 0 amide bonds. The molecule has 0 saturated heterocycles. The molecule has 0 spiro atoms. The van der Waals surface area contributed by atoms with Crippen molar-refractivity contribution in [3.63, 3.8) is 0 Å². The van der Waals surface area contributed by atoms with Crippen molar-refractivity contribution in [1.29, 1.82) is 0 Å². The Labute approximate surface area is 160 Å². The van der Waals surface area contributed by atoms with Crippen molar-refractivity contribution in [1.82, 2.24) is 4.98 Å². The van der Waals surface area contributed by atoms with Crippen LogP contribution in [0.25, 0.3) is 22.2 Å². The quantitative estimate of drug-likeness (QED) is 0.584. The lowest BCUT2D eigenvalue weighted by atomic mass is 10.00. The highest BCUT2D eigenvalue weighted by molar-refractivity contribution is 6.07. The van der Waals surface area contributed by atoms with Crippen LogP contribution in [0.2, 0.25) is 0 Å². The summed E-state index contributed by atoms with van der Waals surface area (Å²) in [5.74, 6) is 1.31. The lowest BCUT2D eigenvalue weighted by Crippen LogP contribution is -2.15. The lowest BCUT2D eigenvalue weighted by molar-refractivity contribution is 0.0698. The smallest absolute Gasteiger partial charge is 0.336 e. The number of ether oxygens (including phenoxy) is 4. The fourth-order valence-electron chi connectivity index (χ4n) is 3.96. The van der Waals surface area contributed by atoms with Crippen molar-refractivity contribution in [2.75, 3.05) is 27.4 Å². The monoisotopic (exact) mass is 379 g/mol. The van der Waals surface area contributed by atoms with Crippen molar-refractivity contribution in [2.45, 2.75) is 6.42 Å². The molecule has 0 radical (unpaired) electrons. The molecule has 2 aliphatic rings. The Morgan fingerprint density at radius 1 is 1.04 bits per heavy atom. The van der Waals surface area contributed by atoms with Gasteiger partial charge in [0, 0.05) is 23.4 Å². The Hall–Kier alpha value is -3.48. The van der Waals surface area contributed by atoms with Gasteiger partial charge in [-0.15, -0.1) is 0 Å². The number of pyridine rings is 1. The molecule has 5 rings (SSSR count). The number of nitrogens with zero attached hydrogens (tertiary/aromatic N) is 1. The average Bonchev–Trinajstić information content (AvgIpc) is 3.05. The third kappa shape index (κ3) is 2.29. The molecule has 0 saturated carbocycles. The molecular formula is C21H17NO6. The fourth-order valence-corrected chi connectivity index (χ4v) is 3.96. The van der Waals surface area contributed by atoms with E-state index in [-0.39, 0.29) is 5.56 Å². The number of carboxylic acids is 1. The summed E-state index contributed by atoms with van der Waals surface area (Å²) in [6.07, 6.45) is 0.462. The van der Waals surface area contributed by atoms with Crippen LogP contribution in [0.3, 0.4) is 0 Å². The molecule has 142 valence electrons. The minimum absolute atomic E-state index is 0.242. The third-order valence-corrected chi connectivity index (χ3v) is 5.20. The third-order valence-electron chi connectivity index (χ3n) is 5.20. The van der Waals surface area contributed by atoms with E-state index in [1.807, 2.05) is 12.1 Å². The molecule has 1 aliphatic carbocycles. The Morgan fingerprint density at radius 2 is 1.71 bits per heavy atom. The summed E-state index contributed by atoms with van der Waals surface area (Å²) >= 11 is 0. The number of rotatable bonds is 3. The van der Waals surface area contributed by atoms with Crippen LogP contribution in [0.5, 0.6) is 23.0 Å². The van der Waals surface area contributed by atoms with Gasteiger partial charge in [-0.25, -0.2) is 9.78 Å². The highest BCUT2D eigenvalue weighted by atomic mass is 16.6. The molecule has 1 aromatic heterocycles. The summed E-state index contributed by atoms with van der Waals surface area (Å²) in [6, 6.07) is 7.19. The van der Waals surface area contributed by atoms with Crippen LogP contribution < -0.4 is 18.9 Å². The maximum atomic E-state index is 12.2. The van der Waals surface area contributed by atoms with Crippen molar-refractivity contribution in [3.05, 3.63) is 41.0 Å². The molecule has 7 heteroatoms. The zero-order valence-corrected chi connectivity index (χ0v) is 15.4. The van der Waals surface area contributed by atoms with E-state index < -0.39 is 5.97 Å². The molecule has 28 heavy (non-hydrogen) atoms. The zero-order valence-electron chi connectivity index (χ0n) is 15.4. The first-order valence-electron chi connectivity index (χ1n) is 8.85. The molecule has 1 aliphatic heterocycles. The normalized spacial score (nSPS) is 13.8. The highest BCUT2D eigenvalue weighted by Crippen LogP contribution is 2.45. The minimum Gasteiger partial charge on any atom is -0.493 e. The number of hydrogen-bond donors (Lipinski definition) is 1. The maximum Gasteiger partial charge on any atom is 0.336 e. The molecule has 0 atom stereocenters. The van der Waals surface area contributed by atoms with Gasteiger partial charge in [0.1, 0.15) is 13.2 Å². The predicted molar refractivity (Wildman–Crippen MR) is 101 cm³/mol. The number of methoxy groups -OCH3 is 2. The molecular weight excluding hydrogens is 362 g/mol. The Kier molecular flexibility index (Phi) is 3.58. The lowest BCUT2D eigenvalue weighted by Gasteiger charge is -2.19. The number of aromatic nitrogens is 1. The molecule has 0 bridgehead atoms. The van der Waals surface area contributed by atoms with Gasteiger partial charge in [0.25, 0.3) is 0 Å². The van der Waals surface area contributed by atoms with Crippen molar-refractivity contribution < 1.29 is 28.8 Å². The molecule has 0 unspecified atom stereocenters. The van der Waals surface area contributed by atoms with Crippen LogP contribution in [0.15, 0.2) is 24.3 Å². The maximum absolute atomic E-state index is 12.2. The van der Waals surface area contributed by atoms with Gasteiger partial charge < -0.3 is 24.1 Å². The van der Waals surface area contributed by atoms with E-state index in [1.165, 1.54) is 0 Å². The standard InChI is InChI=1S/C21H17NO6/c1-25-15-6-10-5-13-19(21(23)24)12-8-17-18(28-4-3-27-17)9-14(12)22-20(13)11(10)7-16(15)26-2/h6-9H,3-5H2,1-2H3,(H,23,24). The molecule has 1 N–H and O–H groups in total. The predicted octanol–water partition coefficient (Wildman–Crippen LogP) is 3.29. The van der Waals surface area contributed by atoms with E-state index in [1.54, 1.807) is 26.4 Å². The van der Waals surface area contributed by atoms with Gasteiger partial charge in [-0.3, -0.25) is 0 Å². The number of carbonyl (C=O) groups is 1. The van der Waals surface area contributed by atoms with Crippen molar-refractivity contribution in [2.24, 2.45) is 0 Å². The van der Waals surface area contributed by atoms with E-state index in [0.717, 1.165) is 11.1 Å². The Balaban J connectivity index is 1.81. The largest absolute Gasteiger partial charge is 0.493 e. The van der Waals surface area contributed by atoms with Crippen LogP contribution in [-0.4, -0.2) is 43.5 Å². The van der Waals surface area contributed by atoms with Gasteiger partial charge >= 0.3 is 5.97 Å². The summed E-state index contributed by atoms with van der Waals surface area (Å²) < 4.78 is 22.1. The Morgan fingerprint density at radius 3 is 2.39 bits per heavy atom. The van der Waals surface area contributed by atoms with Gasteiger partial charge in [-0.05, 0) is 29.3 Å². The van der Waals surface area contributed by atoms with Gasteiger partial charge in [0.05, 0.1) is 31.0 Å². The number of carboxylic acid groups (broad SMARTS) is 1. The second-order valence-corrected chi connectivity index (χ2v) is 6.67. The van der Waals surface area contributed by atoms with E-state index in [0.29, 0.717) is 64.8 Å². The van der Waals surface area contributed by atoms with Gasteiger partial charge in [-0.1, -0.05) is 0 Å². The summed E-state index contributed by atoms with van der Waals surface area (Å²) in [5, 5.41) is 10.5. The van der Waals surface area contributed by atoms with Gasteiger partial charge in [-0.2, -0.15) is 0 Å². The second-order valence-electron chi connectivity index (χ2n) is 6.67. The van der Waals surface area contributed by atoms with Crippen molar-refractivity contribution in [3.8, 4) is 34.3 Å². The molecule has 2 aromatic carbocycles. The molecule has 0 fully saturated rings. The van der Waals surface area contributed by atoms with E-state index in [9.17, 15) is 9.90 Å². The summed E-state index contributed by atoms with van der Waals surface area (Å²) in [4.78, 5) is 17.0. The molecule has 3 aromatic rings. The van der Waals surface area contributed by atoms with Gasteiger partial charge in [0.15, 0.2) is 23.0 Å². The van der Waals surface area contributed by atoms with Crippen LogP contribution in [0, 0.1) is 0 Å². The second kappa shape index (κ2) is 6.02. The Bertz CT molecular complexity index is 1150. The summed E-state index contributed by atoms with van der Waals surface area (Å²) in [6.45, 7) is 0.888.